The molecule has 13 heavy (non-hydrogen) atoms. The van der Waals surface area contributed by atoms with Gasteiger partial charge in [0.05, 0.1) is 15.9 Å². The van der Waals surface area contributed by atoms with E-state index in [1.165, 1.54) is 5.69 Å². The van der Waals surface area contributed by atoms with Crippen molar-refractivity contribution >= 4 is 15.9 Å². The average molecular weight is 246 g/mol. The zero-order chi connectivity index (χ0) is 10.0. The Bertz CT molecular complexity index is 293. The number of hydrogen-bond donors (Lipinski definition) is 1. The third-order valence-electron chi connectivity index (χ3n) is 2.25. The zero-order valence-electron chi connectivity index (χ0n) is 8.56. The molecule has 1 atom stereocenters. The number of nitrogens with zero attached hydrogens (tertiary/aromatic N) is 2. The first kappa shape index (κ1) is 10.7. The molecule has 1 rings (SSSR count). The van der Waals surface area contributed by atoms with E-state index in [1.807, 2.05) is 25.7 Å². The van der Waals surface area contributed by atoms with E-state index in [-0.39, 0.29) is 0 Å². The van der Waals surface area contributed by atoms with E-state index in [1.54, 1.807) is 0 Å². The van der Waals surface area contributed by atoms with E-state index in [9.17, 15) is 0 Å². The second kappa shape index (κ2) is 4.24. The van der Waals surface area contributed by atoms with Crippen LogP contribution in [0.3, 0.4) is 0 Å². The van der Waals surface area contributed by atoms with Crippen LogP contribution in [-0.4, -0.2) is 22.9 Å². The predicted molar refractivity (Wildman–Crippen MR) is 57.9 cm³/mol. The van der Waals surface area contributed by atoms with Crippen LogP contribution in [0.25, 0.3) is 0 Å². The molecule has 1 unspecified atom stereocenters. The molecule has 0 radical (unpaired) electrons. The molecule has 3 nitrogen and oxygen atoms in total. The summed E-state index contributed by atoms with van der Waals surface area (Å²) in [4.78, 5) is 0. The van der Waals surface area contributed by atoms with Crippen molar-refractivity contribution < 1.29 is 0 Å². The molecular formula is C9H16BrN3. The topological polar surface area (TPSA) is 29.9 Å². The van der Waals surface area contributed by atoms with E-state index in [2.05, 4.69) is 33.3 Å². The van der Waals surface area contributed by atoms with Crippen LogP contribution in [-0.2, 0) is 13.5 Å². The Morgan fingerprint density at radius 1 is 1.62 bits per heavy atom. The van der Waals surface area contributed by atoms with E-state index >= 15 is 0 Å². The van der Waals surface area contributed by atoms with Gasteiger partial charge in [0.15, 0.2) is 0 Å². The minimum atomic E-state index is 0.478. The van der Waals surface area contributed by atoms with E-state index in [0.29, 0.717) is 6.04 Å². The SMILES string of the molecule is CNC(C)Cc1c(Br)c(C)nn1C. The smallest absolute Gasteiger partial charge is 0.0738 e. The highest BCUT2D eigenvalue weighted by Crippen LogP contribution is 2.21. The molecule has 0 aliphatic carbocycles. The van der Waals surface area contributed by atoms with Gasteiger partial charge in [-0.25, -0.2) is 0 Å². The molecule has 0 saturated carbocycles. The van der Waals surface area contributed by atoms with E-state index in [0.717, 1.165) is 16.6 Å². The maximum Gasteiger partial charge on any atom is 0.0738 e. The highest BCUT2D eigenvalue weighted by molar-refractivity contribution is 9.10. The molecule has 4 heteroatoms. The fraction of sp³-hybridized carbons (Fsp3) is 0.667. The summed E-state index contributed by atoms with van der Waals surface area (Å²) in [7, 11) is 3.96. The van der Waals surface area contributed by atoms with Crippen LogP contribution in [0.15, 0.2) is 4.47 Å². The number of aromatic nitrogens is 2. The van der Waals surface area contributed by atoms with Crippen molar-refractivity contribution in [1.82, 2.24) is 15.1 Å². The van der Waals surface area contributed by atoms with Crippen molar-refractivity contribution in [3.05, 3.63) is 15.9 Å². The zero-order valence-corrected chi connectivity index (χ0v) is 10.1. The summed E-state index contributed by atoms with van der Waals surface area (Å²) >= 11 is 3.55. The van der Waals surface area contributed by atoms with Gasteiger partial charge in [-0.3, -0.25) is 4.68 Å². The van der Waals surface area contributed by atoms with Crippen molar-refractivity contribution in [1.29, 1.82) is 0 Å². The van der Waals surface area contributed by atoms with Gasteiger partial charge in [-0.15, -0.1) is 0 Å². The summed E-state index contributed by atoms with van der Waals surface area (Å²) in [6.07, 6.45) is 0.994. The fourth-order valence-corrected chi connectivity index (χ4v) is 1.79. The molecule has 1 N–H and O–H groups in total. The summed E-state index contributed by atoms with van der Waals surface area (Å²) in [5.41, 5.74) is 2.31. The lowest BCUT2D eigenvalue weighted by molar-refractivity contribution is 0.574. The molecule has 0 aliphatic heterocycles. The molecule has 0 aromatic carbocycles. The van der Waals surface area contributed by atoms with Crippen molar-refractivity contribution in [3.63, 3.8) is 0 Å². The third-order valence-corrected chi connectivity index (χ3v) is 3.29. The first-order valence-corrected chi connectivity index (χ1v) is 5.20. The lowest BCUT2D eigenvalue weighted by Crippen LogP contribution is -2.24. The van der Waals surface area contributed by atoms with Crippen molar-refractivity contribution in [3.8, 4) is 0 Å². The Hall–Kier alpha value is -0.350. The molecule has 0 spiro atoms. The van der Waals surface area contributed by atoms with Crippen LogP contribution < -0.4 is 5.32 Å². The molecular weight excluding hydrogens is 230 g/mol. The monoisotopic (exact) mass is 245 g/mol. The Balaban J connectivity index is 2.87. The number of likely N-dealkylation sites (N-methyl/N-ethyl adjacent to an activating group) is 1. The Morgan fingerprint density at radius 3 is 2.62 bits per heavy atom. The van der Waals surface area contributed by atoms with Gasteiger partial charge >= 0.3 is 0 Å². The van der Waals surface area contributed by atoms with Crippen LogP contribution in [0.2, 0.25) is 0 Å². The van der Waals surface area contributed by atoms with Gasteiger partial charge in [0.25, 0.3) is 0 Å². The van der Waals surface area contributed by atoms with Crippen LogP contribution in [0, 0.1) is 6.92 Å². The molecule has 1 aromatic rings. The number of nitrogens with one attached hydrogen (secondary N) is 1. The molecule has 0 bridgehead atoms. The third kappa shape index (κ3) is 2.31. The minimum Gasteiger partial charge on any atom is -0.317 e. The lowest BCUT2D eigenvalue weighted by atomic mass is 10.2. The Labute approximate surface area is 87.6 Å². The largest absolute Gasteiger partial charge is 0.317 e. The first-order valence-electron chi connectivity index (χ1n) is 4.41. The van der Waals surface area contributed by atoms with Gasteiger partial charge in [0.2, 0.25) is 0 Å². The summed E-state index contributed by atoms with van der Waals surface area (Å²) in [5.74, 6) is 0. The molecule has 74 valence electrons. The van der Waals surface area contributed by atoms with Crippen LogP contribution in [0.1, 0.15) is 18.3 Å². The molecule has 0 saturated heterocycles. The maximum absolute atomic E-state index is 4.34. The first-order chi connectivity index (χ1) is 6.06. The number of aryl methyl sites for hydroxylation is 2. The minimum absolute atomic E-state index is 0.478. The number of halogens is 1. The summed E-state index contributed by atoms with van der Waals surface area (Å²) in [5, 5.41) is 7.56. The van der Waals surface area contributed by atoms with Crippen LogP contribution in [0.5, 0.6) is 0 Å². The van der Waals surface area contributed by atoms with Gasteiger partial charge in [0, 0.05) is 19.5 Å². The van der Waals surface area contributed by atoms with Gasteiger partial charge in [-0.1, -0.05) is 0 Å². The lowest BCUT2D eigenvalue weighted by Gasteiger charge is -2.10. The fourth-order valence-electron chi connectivity index (χ4n) is 1.29. The molecule has 0 aliphatic rings. The van der Waals surface area contributed by atoms with Crippen molar-refractivity contribution in [2.24, 2.45) is 7.05 Å². The van der Waals surface area contributed by atoms with Crippen LogP contribution >= 0.6 is 15.9 Å². The second-order valence-electron chi connectivity index (χ2n) is 3.36. The molecule has 0 amide bonds. The molecule has 0 fully saturated rings. The second-order valence-corrected chi connectivity index (χ2v) is 4.16. The van der Waals surface area contributed by atoms with Gasteiger partial charge in [-0.2, -0.15) is 5.10 Å². The van der Waals surface area contributed by atoms with E-state index in [4.69, 9.17) is 0 Å². The summed E-state index contributed by atoms with van der Waals surface area (Å²) in [6.45, 7) is 4.17. The normalized spacial score (nSPS) is 13.3. The quantitative estimate of drug-likeness (QED) is 0.878. The number of rotatable bonds is 3. The van der Waals surface area contributed by atoms with Crippen molar-refractivity contribution in [2.75, 3.05) is 7.05 Å². The highest BCUT2D eigenvalue weighted by atomic mass is 79.9. The van der Waals surface area contributed by atoms with Crippen LogP contribution in [0.4, 0.5) is 0 Å². The van der Waals surface area contributed by atoms with Gasteiger partial charge in [0.1, 0.15) is 0 Å². The van der Waals surface area contributed by atoms with Crippen molar-refractivity contribution in [2.45, 2.75) is 26.3 Å². The average Bonchev–Trinajstić information content (AvgIpc) is 2.32. The standard InChI is InChI=1S/C9H16BrN3/c1-6(11-3)5-8-9(10)7(2)12-13(8)4/h6,11H,5H2,1-4H3. The Morgan fingerprint density at radius 2 is 2.23 bits per heavy atom. The Kier molecular flexibility index (Phi) is 3.50. The molecule has 1 aromatic heterocycles. The summed E-state index contributed by atoms with van der Waals surface area (Å²) in [6, 6.07) is 0.478. The molecule has 1 heterocycles. The summed E-state index contributed by atoms with van der Waals surface area (Å²) < 4.78 is 3.07. The maximum atomic E-state index is 4.34. The van der Waals surface area contributed by atoms with Gasteiger partial charge in [-0.05, 0) is 36.8 Å². The van der Waals surface area contributed by atoms with Gasteiger partial charge < -0.3 is 5.32 Å². The van der Waals surface area contributed by atoms with E-state index < -0.39 is 0 Å². The number of hydrogen-bond acceptors (Lipinski definition) is 2. The predicted octanol–water partition coefficient (Wildman–Crippen LogP) is 1.64. The highest BCUT2D eigenvalue weighted by Gasteiger charge is 2.12.